The minimum absolute atomic E-state index is 0. The third-order valence-electron chi connectivity index (χ3n) is 4.91. The Morgan fingerprint density at radius 2 is 1.56 bits per heavy atom. The molecule has 0 aromatic heterocycles. The van der Waals surface area contributed by atoms with Gasteiger partial charge in [0.05, 0.1) is 0 Å². The molecule has 1 fully saturated rings. The summed E-state index contributed by atoms with van der Waals surface area (Å²) in [4.78, 5) is 14.8. The van der Waals surface area contributed by atoms with E-state index in [1.54, 1.807) is 0 Å². The molecule has 4 heteroatoms. The molecule has 1 amide bonds. The topological polar surface area (TPSA) is 46.3 Å². The fourth-order valence-corrected chi connectivity index (χ4v) is 3.42. The van der Waals surface area contributed by atoms with Crippen LogP contribution in [0.4, 0.5) is 0 Å². The molecule has 2 aromatic rings. The number of hydrogen-bond donors (Lipinski definition) is 1. The molecule has 1 aliphatic heterocycles. The van der Waals surface area contributed by atoms with Crippen LogP contribution in [-0.2, 0) is 11.2 Å². The smallest absolute Gasteiger partial charge is 0.223 e. The molecule has 1 unspecified atom stereocenters. The van der Waals surface area contributed by atoms with E-state index >= 15 is 0 Å². The molecule has 0 spiro atoms. The number of carbonyl (C=O) groups excluding carboxylic acids is 1. The monoisotopic (exact) mass is 358 g/mol. The maximum absolute atomic E-state index is 12.8. The fourth-order valence-electron chi connectivity index (χ4n) is 3.42. The molecule has 3 rings (SSSR count). The van der Waals surface area contributed by atoms with Crippen LogP contribution in [0.1, 0.15) is 36.3 Å². The van der Waals surface area contributed by atoms with Crippen LogP contribution in [-0.4, -0.2) is 29.9 Å². The number of rotatable bonds is 5. The normalized spacial score (nSPS) is 16.1. The van der Waals surface area contributed by atoms with Crippen molar-refractivity contribution in [2.24, 2.45) is 5.73 Å². The van der Waals surface area contributed by atoms with Gasteiger partial charge in [-0.15, -0.1) is 12.4 Å². The van der Waals surface area contributed by atoms with Crippen LogP contribution in [0.5, 0.6) is 0 Å². The van der Waals surface area contributed by atoms with Crippen molar-refractivity contribution in [1.82, 2.24) is 4.90 Å². The summed E-state index contributed by atoms with van der Waals surface area (Å²) in [6, 6.07) is 21.1. The van der Waals surface area contributed by atoms with E-state index in [9.17, 15) is 4.79 Å². The molecular formula is C21H27ClN2O. The molecule has 2 N–H and O–H groups in total. The molecule has 0 saturated carbocycles. The third kappa shape index (κ3) is 5.58. The van der Waals surface area contributed by atoms with Crippen molar-refractivity contribution in [2.75, 3.05) is 13.1 Å². The summed E-state index contributed by atoms with van der Waals surface area (Å²) < 4.78 is 0. The lowest BCUT2D eigenvalue weighted by atomic mass is 9.88. The number of nitrogens with zero attached hydrogens (tertiary/aromatic N) is 1. The largest absolute Gasteiger partial charge is 0.343 e. The van der Waals surface area contributed by atoms with Crippen LogP contribution in [0.25, 0.3) is 0 Å². The first-order valence-electron chi connectivity index (χ1n) is 8.84. The first-order chi connectivity index (χ1) is 11.7. The van der Waals surface area contributed by atoms with Gasteiger partial charge in [-0.25, -0.2) is 0 Å². The lowest BCUT2D eigenvalue weighted by Gasteiger charge is -2.31. The Bertz CT molecular complexity index is 639. The Labute approximate surface area is 156 Å². The quantitative estimate of drug-likeness (QED) is 0.884. The number of halogens is 1. The van der Waals surface area contributed by atoms with Gasteiger partial charge >= 0.3 is 0 Å². The highest BCUT2D eigenvalue weighted by atomic mass is 35.5. The molecular weight excluding hydrogens is 332 g/mol. The molecule has 1 atom stereocenters. The molecule has 3 nitrogen and oxygen atoms in total. The zero-order chi connectivity index (χ0) is 16.8. The molecule has 25 heavy (non-hydrogen) atoms. The van der Waals surface area contributed by atoms with E-state index in [1.165, 1.54) is 11.1 Å². The molecule has 134 valence electrons. The van der Waals surface area contributed by atoms with E-state index in [2.05, 4.69) is 48.5 Å². The first-order valence-corrected chi connectivity index (χ1v) is 8.84. The first kappa shape index (κ1) is 19.5. The molecule has 0 radical (unpaired) electrons. The predicted octanol–water partition coefficient (Wildman–Crippen LogP) is 3.77. The summed E-state index contributed by atoms with van der Waals surface area (Å²) in [6.45, 7) is 1.60. The average Bonchev–Trinajstić information content (AvgIpc) is 2.63. The highest BCUT2D eigenvalue weighted by Crippen LogP contribution is 2.26. The Balaban J connectivity index is 0.00000225. The van der Waals surface area contributed by atoms with Crippen LogP contribution >= 0.6 is 12.4 Å². The van der Waals surface area contributed by atoms with Gasteiger partial charge in [0.15, 0.2) is 0 Å². The van der Waals surface area contributed by atoms with Crippen molar-refractivity contribution in [3.05, 3.63) is 71.8 Å². The highest BCUT2D eigenvalue weighted by molar-refractivity contribution is 5.85. The van der Waals surface area contributed by atoms with Crippen LogP contribution in [0, 0.1) is 0 Å². The van der Waals surface area contributed by atoms with E-state index < -0.39 is 0 Å². The number of benzene rings is 2. The van der Waals surface area contributed by atoms with Gasteiger partial charge in [0.1, 0.15) is 0 Å². The number of amides is 1. The molecule has 1 saturated heterocycles. The Hall–Kier alpha value is -1.84. The van der Waals surface area contributed by atoms with Crippen molar-refractivity contribution in [1.29, 1.82) is 0 Å². The zero-order valence-corrected chi connectivity index (χ0v) is 15.3. The van der Waals surface area contributed by atoms with E-state index in [-0.39, 0.29) is 30.3 Å². The number of hydrogen-bond acceptors (Lipinski definition) is 2. The van der Waals surface area contributed by atoms with Gasteiger partial charge in [0.2, 0.25) is 5.91 Å². The van der Waals surface area contributed by atoms with Gasteiger partial charge in [-0.1, -0.05) is 60.7 Å². The highest BCUT2D eigenvalue weighted by Gasteiger charge is 2.24. The standard InChI is InChI=1S/C21H26N2O.ClH/c22-20-11-13-23(14-12-20)21(24)16-19(18-9-5-2-6-10-18)15-17-7-3-1-4-8-17;/h1-10,19-20H,11-16,22H2;1H. The number of likely N-dealkylation sites (tertiary alicyclic amines) is 1. The number of piperidine rings is 1. The van der Waals surface area contributed by atoms with Gasteiger partial charge in [-0.2, -0.15) is 0 Å². The minimum atomic E-state index is 0. The summed E-state index contributed by atoms with van der Waals surface area (Å²) in [5, 5.41) is 0. The minimum Gasteiger partial charge on any atom is -0.343 e. The van der Waals surface area contributed by atoms with Crippen molar-refractivity contribution in [2.45, 2.75) is 37.6 Å². The maximum Gasteiger partial charge on any atom is 0.223 e. The van der Waals surface area contributed by atoms with Crippen molar-refractivity contribution >= 4 is 18.3 Å². The summed E-state index contributed by atoms with van der Waals surface area (Å²) in [5.74, 6) is 0.475. The average molecular weight is 359 g/mol. The second-order valence-electron chi connectivity index (χ2n) is 6.72. The lowest BCUT2D eigenvalue weighted by molar-refractivity contribution is -0.132. The van der Waals surface area contributed by atoms with Crippen LogP contribution in [0.15, 0.2) is 60.7 Å². The Morgan fingerprint density at radius 1 is 1.00 bits per heavy atom. The van der Waals surface area contributed by atoms with Crippen LogP contribution < -0.4 is 5.73 Å². The van der Waals surface area contributed by atoms with Gasteiger partial charge in [0, 0.05) is 25.6 Å². The maximum atomic E-state index is 12.8. The summed E-state index contributed by atoms with van der Waals surface area (Å²) in [6.07, 6.45) is 3.29. The van der Waals surface area contributed by atoms with Crippen molar-refractivity contribution in [3.63, 3.8) is 0 Å². The number of nitrogens with two attached hydrogens (primary N) is 1. The Morgan fingerprint density at radius 3 is 2.16 bits per heavy atom. The van der Waals surface area contributed by atoms with Gasteiger partial charge in [-0.05, 0) is 36.3 Å². The van der Waals surface area contributed by atoms with Crippen LogP contribution in [0.3, 0.4) is 0 Å². The van der Waals surface area contributed by atoms with Crippen LogP contribution in [0.2, 0.25) is 0 Å². The van der Waals surface area contributed by atoms with E-state index in [1.807, 2.05) is 17.0 Å². The van der Waals surface area contributed by atoms with Gasteiger partial charge in [-0.3, -0.25) is 4.79 Å². The second kappa shape index (κ2) is 9.59. The molecule has 2 aromatic carbocycles. The fraction of sp³-hybridized carbons (Fsp3) is 0.381. The SMILES string of the molecule is Cl.NC1CCN(C(=O)CC(Cc2ccccc2)c2ccccc2)CC1. The van der Waals surface area contributed by atoms with Gasteiger partial charge in [0.25, 0.3) is 0 Å². The summed E-state index contributed by atoms with van der Waals surface area (Å²) >= 11 is 0. The van der Waals surface area contributed by atoms with E-state index in [4.69, 9.17) is 5.73 Å². The van der Waals surface area contributed by atoms with E-state index in [0.29, 0.717) is 6.42 Å². The zero-order valence-electron chi connectivity index (χ0n) is 14.5. The summed E-state index contributed by atoms with van der Waals surface area (Å²) in [5.41, 5.74) is 8.47. The van der Waals surface area contributed by atoms with Crippen molar-refractivity contribution < 1.29 is 4.79 Å². The predicted molar refractivity (Wildman–Crippen MR) is 105 cm³/mol. The molecule has 0 bridgehead atoms. The number of carbonyl (C=O) groups is 1. The summed E-state index contributed by atoms with van der Waals surface area (Å²) in [7, 11) is 0. The van der Waals surface area contributed by atoms with E-state index in [0.717, 1.165) is 32.4 Å². The molecule has 1 heterocycles. The third-order valence-corrected chi connectivity index (χ3v) is 4.91. The van der Waals surface area contributed by atoms with Gasteiger partial charge < -0.3 is 10.6 Å². The molecule has 1 aliphatic rings. The Kier molecular flexibility index (Phi) is 7.48. The lowest BCUT2D eigenvalue weighted by Crippen LogP contribution is -2.43. The molecule has 0 aliphatic carbocycles. The second-order valence-corrected chi connectivity index (χ2v) is 6.72. The van der Waals surface area contributed by atoms with Crippen molar-refractivity contribution in [3.8, 4) is 0 Å².